The van der Waals surface area contributed by atoms with Gasteiger partial charge in [0.2, 0.25) is 5.91 Å². The number of amides is 1. The SMILES string of the molecule is Cn1ccc2cc(Sc3ccc(/C=C/C(=O)N4CCS(=O)CC4)c(Cl)c3Cl)ccc21. The van der Waals surface area contributed by atoms with Gasteiger partial charge in [-0.2, -0.15) is 0 Å². The molecule has 1 amide bonds. The standard InChI is InChI=1S/C22H20Cl2N2O2S2/c1-25-9-8-16-14-17(4-5-18(16)25)29-19-6-2-15(21(23)22(19)24)3-7-20(27)26-10-12-30(28)13-11-26/h2-9,14H,10-13H2,1H3/b7-3+. The van der Waals surface area contributed by atoms with Gasteiger partial charge in [0.15, 0.2) is 0 Å². The van der Waals surface area contributed by atoms with Gasteiger partial charge in [-0.05, 0) is 42.0 Å². The first-order valence-electron chi connectivity index (χ1n) is 9.45. The highest BCUT2D eigenvalue weighted by atomic mass is 35.5. The molecule has 4 rings (SSSR count). The van der Waals surface area contributed by atoms with Crippen molar-refractivity contribution < 1.29 is 9.00 Å². The smallest absolute Gasteiger partial charge is 0.246 e. The van der Waals surface area contributed by atoms with Crippen LogP contribution in [0.5, 0.6) is 0 Å². The van der Waals surface area contributed by atoms with Crippen molar-refractivity contribution in [3.63, 3.8) is 0 Å². The highest BCUT2D eigenvalue weighted by molar-refractivity contribution is 7.99. The largest absolute Gasteiger partial charge is 0.351 e. The molecular formula is C22H20Cl2N2O2S2. The summed E-state index contributed by atoms with van der Waals surface area (Å²) < 4.78 is 13.5. The molecule has 0 aliphatic carbocycles. The number of halogens is 2. The second kappa shape index (κ2) is 9.18. The van der Waals surface area contributed by atoms with Crippen LogP contribution in [-0.4, -0.2) is 44.2 Å². The number of hydrogen-bond donors (Lipinski definition) is 0. The van der Waals surface area contributed by atoms with Crippen LogP contribution >= 0.6 is 35.0 Å². The van der Waals surface area contributed by atoms with Crippen molar-refractivity contribution in [1.82, 2.24) is 9.47 Å². The number of benzene rings is 2. The van der Waals surface area contributed by atoms with Gasteiger partial charge in [-0.15, -0.1) is 0 Å². The molecule has 156 valence electrons. The lowest BCUT2D eigenvalue weighted by molar-refractivity contribution is -0.125. The molecule has 1 saturated heterocycles. The summed E-state index contributed by atoms with van der Waals surface area (Å²) in [5.74, 6) is 0.966. The normalized spacial score (nSPS) is 15.4. The third-order valence-electron chi connectivity index (χ3n) is 5.06. The van der Waals surface area contributed by atoms with Crippen LogP contribution in [-0.2, 0) is 22.6 Å². The maximum absolute atomic E-state index is 12.3. The summed E-state index contributed by atoms with van der Waals surface area (Å²) >= 11 is 14.6. The Kier molecular flexibility index (Phi) is 6.58. The van der Waals surface area contributed by atoms with Gasteiger partial charge < -0.3 is 9.47 Å². The molecule has 4 nitrogen and oxygen atoms in total. The number of fused-ring (bicyclic) bond motifs is 1. The second-order valence-electron chi connectivity index (χ2n) is 7.04. The van der Waals surface area contributed by atoms with Gasteiger partial charge in [0.05, 0.1) is 10.0 Å². The van der Waals surface area contributed by atoms with Crippen LogP contribution < -0.4 is 0 Å². The van der Waals surface area contributed by atoms with E-state index in [9.17, 15) is 9.00 Å². The molecule has 0 unspecified atom stereocenters. The molecule has 0 bridgehead atoms. The number of aryl methyl sites for hydroxylation is 1. The van der Waals surface area contributed by atoms with Crippen LogP contribution in [0, 0.1) is 0 Å². The van der Waals surface area contributed by atoms with Crippen molar-refractivity contribution >= 4 is 68.6 Å². The first-order chi connectivity index (χ1) is 14.4. The van der Waals surface area contributed by atoms with E-state index in [-0.39, 0.29) is 5.91 Å². The fraction of sp³-hybridized carbons (Fsp3) is 0.227. The molecule has 0 radical (unpaired) electrons. The molecule has 0 saturated carbocycles. The highest BCUT2D eigenvalue weighted by Crippen LogP contribution is 2.40. The third-order valence-corrected chi connectivity index (χ3v) is 8.39. The van der Waals surface area contributed by atoms with Gasteiger partial charge >= 0.3 is 0 Å². The molecule has 1 aliphatic heterocycles. The molecule has 0 atom stereocenters. The monoisotopic (exact) mass is 478 g/mol. The van der Waals surface area contributed by atoms with Gasteiger partial charge in [-0.25, -0.2) is 0 Å². The summed E-state index contributed by atoms with van der Waals surface area (Å²) in [5.41, 5.74) is 1.87. The molecule has 1 aromatic heterocycles. The Morgan fingerprint density at radius 2 is 1.87 bits per heavy atom. The van der Waals surface area contributed by atoms with E-state index in [1.807, 2.05) is 25.4 Å². The van der Waals surface area contributed by atoms with Crippen molar-refractivity contribution in [3.8, 4) is 0 Å². The number of carbonyl (C=O) groups excluding carboxylic acids is 1. The maximum atomic E-state index is 12.3. The molecule has 8 heteroatoms. The Morgan fingerprint density at radius 1 is 1.10 bits per heavy atom. The van der Waals surface area contributed by atoms with Crippen LogP contribution in [0.15, 0.2) is 58.5 Å². The van der Waals surface area contributed by atoms with Crippen molar-refractivity contribution in [2.75, 3.05) is 24.6 Å². The molecule has 0 N–H and O–H groups in total. The minimum Gasteiger partial charge on any atom is -0.351 e. The molecular weight excluding hydrogens is 459 g/mol. The molecule has 3 aromatic rings. The number of hydrogen-bond acceptors (Lipinski definition) is 3. The van der Waals surface area contributed by atoms with Crippen LogP contribution in [0.1, 0.15) is 5.56 Å². The Hall–Kier alpha value is -1.73. The second-order valence-corrected chi connectivity index (χ2v) is 10.6. The zero-order chi connectivity index (χ0) is 21.3. The Labute approximate surface area is 192 Å². The molecule has 2 heterocycles. The van der Waals surface area contributed by atoms with E-state index in [4.69, 9.17) is 23.2 Å². The molecule has 1 fully saturated rings. The number of nitrogens with zero attached hydrogens (tertiary/aromatic N) is 2. The quantitative estimate of drug-likeness (QED) is 0.481. The van der Waals surface area contributed by atoms with Gasteiger partial charge in [-0.3, -0.25) is 9.00 Å². The van der Waals surface area contributed by atoms with Gasteiger partial charge in [0, 0.05) is 75.4 Å². The van der Waals surface area contributed by atoms with E-state index in [0.29, 0.717) is 40.2 Å². The van der Waals surface area contributed by atoms with Crippen molar-refractivity contribution in [2.24, 2.45) is 7.05 Å². The number of carbonyl (C=O) groups is 1. The van der Waals surface area contributed by atoms with Gasteiger partial charge in [0.1, 0.15) is 0 Å². The van der Waals surface area contributed by atoms with Crippen LogP contribution in [0.4, 0.5) is 0 Å². The molecule has 0 spiro atoms. The lowest BCUT2D eigenvalue weighted by atomic mass is 10.2. The predicted molar refractivity (Wildman–Crippen MR) is 127 cm³/mol. The molecule has 2 aromatic carbocycles. The first kappa shape index (κ1) is 21.5. The van der Waals surface area contributed by atoms with Crippen LogP contribution in [0.25, 0.3) is 17.0 Å². The fourth-order valence-electron chi connectivity index (χ4n) is 3.33. The third kappa shape index (κ3) is 4.62. The first-order valence-corrected chi connectivity index (χ1v) is 12.5. The molecule has 1 aliphatic rings. The highest BCUT2D eigenvalue weighted by Gasteiger charge is 2.18. The zero-order valence-corrected chi connectivity index (χ0v) is 19.5. The van der Waals surface area contributed by atoms with Crippen molar-refractivity contribution in [1.29, 1.82) is 0 Å². The Bertz CT molecular complexity index is 1160. The van der Waals surface area contributed by atoms with Crippen molar-refractivity contribution in [3.05, 3.63) is 64.3 Å². The fourth-order valence-corrected chi connectivity index (χ4v) is 5.86. The van der Waals surface area contributed by atoms with E-state index in [2.05, 4.69) is 28.8 Å². The minimum absolute atomic E-state index is 0.103. The average molecular weight is 479 g/mol. The molecule has 30 heavy (non-hydrogen) atoms. The summed E-state index contributed by atoms with van der Waals surface area (Å²) in [5, 5.41) is 2.06. The summed E-state index contributed by atoms with van der Waals surface area (Å²) in [6, 6.07) is 12.2. The average Bonchev–Trinajstić information content (AvgIpc) is 3.11. The Morgan fingerprint density at radius 3 is 2.63 bits per heavy atom. The number of rotatable bonds is 4. The van der Waals surface area contributed by atoms with Crippen LogP contribution in [0.2, 0.25) is 10.0 Å². The summed E-state index contributed by atoms with van der Waals surface area (Å²) in [6.07, 6.45) is 5.23. The lowest BCUT2D eigenvalue weighted by Crippen LogP contribution is -2.40. The zero-order valence-electron chi connectivity index (χ0n) is 16.3. The van der Waals surface area contributed by atoms with E-state index in [1.54, 1.807) is 22.7 Å². The van der Waals surface area contributed by atoms with E-state index < -0.39 is 10.8 Å². The van der Waals surface area contributed by atoms with E-state index in [1.165, 1.54) is 17.0 Å². The van der Waals surface area contributed by atoms with E-state index in [0.717, 1.165) is 9.79 Å². The summed E-state index contributed by atoms with van der Waals surface area (Å²) in [7, 11) is 1.21. The van der Waals surface area contributed by atoms with Crippen molar-refractivity contribution in [2.45, 2.75) is 9.79 Å². The lowest BCUT2D eigenvalue weighted by Gasteiger charge is -2.25. The summed E-state index contributed by atoms with van der Waals surface area (Å²) in [6.45, 7) is 1.04. The Balaban J connectivity index is 1.49. The minimum atomic E-state index is -0.811. The van der Waals surface area contributed by atoms with Gasteiger partial charge in [0.25, 0.3) is 0 Å². The summed E-state index contributed by atoms with van der Waals surface area (Å²) in [4.78, 5) is 16.0. The maximum Gasteiger partial charge on any atom is 0.246 e. The predicted octanol–water partition coefficient (Wildman–Crippen LogP) is 5.24. The topological polar surface area (TPSA) is 42.3 Å². The number of aromatic nitrogens is 1. The van der Waals surface area contributed by atoms with E-state index >= 15 is 0 Å². The van der Waals surface area contributed by atoms with Crippen LogP contribution in [0.3, 0.4) is 0 Å². The van der Waals surface area contributed by atoms with Gasteiger partial charge in [-0.1, -0.05) is 41.0 Å².